The highest BCUT2D eigenvalue weighted by Crippen LogP contribution is 2.69. The number of alkyl carbamates (subject to hydrolysis) is 1. The third kappa shape index (κ3) is 8.22. The summed E-state index contributed by atoms with van der Waals surface area (Å²) in [5.41, 5.74) is -8.51. The first-order valence-electron chi connectivity index (χ1n) is 18.3. The molecular formula is C36H55F2N3O12. The molecule has 4 aliphatic rings. The molecule has 0 heterocycles. The first kappa shape index (κ1) is 43.4. The summed E-state index contributed by atoms with van der Waals surface area (Å²) in [6.07, 6.45) is 0.129. The predicted molar refractivity (Wildman–Crippen MR) is 182 cm³/mol. The first-order chi connectivity index (χ1) is 24.6. The van der Waals surface area contributed by atoms with E-state index in [1.807, 2.05) is 0 Å². The van der Waals surface area contributed by atoms with Gasteiger partial charge < -0.3 is 39.6 Å². The molecule has 4 fully saturated rings. The van der Waals surface area contributed by atoms with Crippen LogP contribution in [0.2, 0.25) is 0 Å². The minimum absolute atomic E-state index is 0.000445. The van der Waals surface area contributed by atoms with Gasteiger partial charge in [-0.15, -0.1) is 0 Å². The van der Waals surface area contributed by atoms with Crippen LogP contribution in [0.3, 0.4) is 0 Å². The number of halogens is 2. The van der Waals surface area contributed by atoms with Crippen molar-refractivity contribution in [1.29, 1.82) is 0 Å². The number of fused-ring (bicyclic) bond motifs is 2. The van der Waals surface area contributed by atoms with Crippen LogP contribution in [-0.2, 0) is 52.5 Å². The van der Waals surface area contributed by atoms with Gasteiger partial charge in [0.15, 0.2) is 0 Å². The predicted octanol–water partition coefficient (Wildman–Crippen LogP) is 3.00. The Morgan fingerprint density at radius 2 is 1.00 bits per heavy atom. The van der Waals surface area contributed by atoms with Crippen molar-refractivity contribution in [2.24, 2.45) is 29.6 Å². The Morgan fingerprint density at radius 3 is 1.34 bits per heavy atom. The summed E-state index contributed by atoms with van der Waals surface area (Å²) in [5.74, 6) is -8.28. The van der Waals surface area contributed by atoms with Gasteiger partial charge >= 0.3 is 30.0 Å². The molecule has 3 amide bonds. The summed E-state index contributed by atoms with van der Waals surface area (Å²) in [5, 5.41) is 7.60. The zero-order valence-corrected chi connectivity index (χ0v) is 32.3. The summed E-state index contributed by atoms with van der Waals surface area (Å²) in [6, 6.07) is -1.07. The van der Waals surface area contributed by atoms with Gasteiger partial charge in [-0.25, -0.2) is 32.8 Å². The Balaban J connectivity index is 0.000000295. The van der Waals surface area contributed by atoms with E-state index in [9.17, 15) is 33.6 Å². The molecule has 0 radical (unpaired) electrons. The van der Waals surface area contributed by atoms with Gasteiger partial charge in [-0.3, -0.25) is 9.59 Å². The van der Waals surface area contributed by atoms with Crippen LogP contribution in [-0.4, -0.2) is 102 Å². The summed E-state index contributed by atoms with van der Waals surface area (Å²) < 4.78 is 55.5. The smallest absolute Gasteiger partial charge is 0.408 e. The molecule has 0 aliphatic heterocycles. The van der Waals surface area contributed by atoms with Gasteiger partial charge in [0, 0.05) is 29.6 Å². The molecule has 300 valence electrons. The number of carbonyl (C=O) groups is 7. The zero-order valence-electron chi connectivity index (χ0n) is 32.3. The van der Waals surface area contributed by atoms with Crippen LogP contribution < -0.4 is 16.0 Å². The summed E-state index contributed by atoms with van der Waals surface area (Å²) in [7, 11) is 0. The largest absolute Gasteiger partial charge is 0.464 e. The second-order valence-corrected chi connectivity index (χ2v) is 15.1. The average molecular weight is 760 g/mol. The van der Waals surface area contributed by atoms with Crippen molar-refractivity contribution in [1.82, 2.24) is 16.0 Å². The molecule has 3 N–H and O–H groups in total. The van der Waals surface area contributed by atoms with Crippen molar-refractivity contribution in [3.63, 3.8) is 0 Å². The number of amides is 3. The van der Waals surface area contributed by atoms with Gasteiger partial charge in [-0.05, 0) is 81.1 Å². The third-order valence-corrected chi connectivity index (χ3v) is 10.1. The van der Waals surface area contributed by atoms with Crippen molar-refractivity contribution in [2.45, 2.75) is 129 Å². The highest BCUT2D eigenvalue weighted by Gasteiger charge is 2.85. The molecule has 4 aliphatic carbocycles. The van der Waals surface area contributed by atoms with Crippen LogP contribution in [0, 0.1) is 29.6 Å². The number of rotatable bonds is 13. The summed E-state index contributed by atoms with van der Waals surface area (Å²) >= 11 is 0. The fourth-order valence-corrected chi connectivity index (χ4v) is 7.73. The Bertz CT molecular complexity index is 1450. The Hall–Kier alpha value is -4.05. The normalized spacial score (nSPS) is 32.3. The van der Waals surface area contributed by atoms with Crippen molar-refractivity contribution < 1.29 is 66.0 Å². The topological polar surface area (TPSA) is 202 Å². The van der Waals surface area contributed by atoms with E-state index in [1.165, 1.54) is 6.92 Å². The lowest BCUT2D eigenvalue weighted by Crippen LogP contribution is -2.61. The summed E-state index contributed by atoms with van der Waals surface area (Å²) in [4.78, 5) is 86.2. The fraction of sp³-hybridized carbons (Fsp3) is 0.806. The van der Waals surface area contributed by atoms with E-state index < -0.39 is 93.6 Å². The van der Waals surface area contributed by atoms with Gasteiger partial charge in [0.1, 0.15) is 22.7 Å². The minimum Gasteiger partial charge on any atom is -0.464 e. The maximum absolute atomic E-state index is 15.4. The molecule has 15 nitrogen and oxygen atoms in total. The molecule has 9 atom stereocenters. The third-order valence-electron chi connectivity index (χ3n) is 10.1. The van der Waals surface area contributed by atoms with Crippen molar-refractivity contribution in [3.8, 4) is 0 Å². The lowest BCUT2D eigenvalue weighted by molar-refractivity contribution is -0.160. The van der Waals surface area contributed by atoms with E-state index in [0.717, 1.165) is 0 Å². The molecule has 0 aromatic carbocycles. The number of esters is 4. The highest BCUT2D eigenvalue weighted by atomic mass is 19.2. The molecule has 0 unspecified atom stereocenters. The SMILES string of the molecule is CCOC(=O)[C@@]1(F)[C@@H]2CC[C@@](NC(=O)[C@H](C)NC(=O)OC(C)(C)C)(C(=O)OCC)[C@@H]21.CCOC(=O)[C@@]1(F)[C@H]2[C@@H]1CC[C@]2(NC(=O)C(C)C)C(=O)OCC. The quantitative estimate of drug-likeness (QED) is 0.183. The zero-order chi connectivity index (χ0) is 40.3. The minimum atomic E-state index is -2.35. The van der Waals surface area contributed by atoms with E-state index in [2.05, 4.69) is 16.0 Å². The van der Waals surface area contributed by atoms with E-state index in [0.29, 0.717) is 6.42 Å². The molecule has 0 spiro atoms. The second-order valence-electron chi connectivity index (χ2n) is 15.1. The molecule has 0 saturated heterocycles. The lowest BCUT2D eigenvalue weighted by atomic mass is 9.88. The van der Waals surface area contributed by atoms with Crippen molar-refractivity contribution >= 4 is 41.8 Å². The number of hydrogen-bond acceptors (Lipinski definition) is 12. The maximum Gasteiger partial charge on any atom is 0.408 e. The van der Waals surface area contributed by atoms with Gasteiger partial charge in [0.25, 0.3) is 0 Å². The van der Waals surface area contributed by atoms with Gasteiger partial charge in [-0.2, -0.15) is 0 Å². The molecule has 4 rings (SSSR count). The van der Waals surface area contributed by atoms with Gasteiger partial charge in [0.05, 0.1) is 26.4 Å². The summed E-state index contributed by atoms with van der Waals surface area (Å²) in [6.45, 7) is 16.4. The van der Waals surface area contributed by atoms with Crippen LogP contribution in [0.15, 0.2) is 0 Å². The number of alkyl halides is 2. The Labute approximate surface area is 308 Å². The van der Waals surface area contributed by atoms with Gasteiger partial charge in [0.2, 0.25) is 23.2 Å². The van der Waals surface area contributed by atoms with E-state index in [1.54, 1.807) is 62.3 Å². The van der Waals surface area contributed by atoms with Crippen LogP contribution in [0.25, 0.3) is 0 Å². The Kier molecular flexibility index (Phi) is 13.2. The van der Waals surface area contributed by atoms with Crippen LogP contribution >= 0.6 is 0 Å². The molecule has 4 saturated carbocycles. The Morgan fingerprint density at radius 1 is 0.642 bits per heavy atom. The molecule has 17 heteroatoms. The monoisotopic (exact) mass is 759 g/mol. The van der Waals surface area contributed by atoms with Crippen molar-refractivity contribution in [3.05, 3.63) is 0 Å². The lowest BCUT2D eigenvalue weighted by Gasteiger charge is -2.33. The van der Waals surface area contributed by atoms with E-state index >= 15 is 8.78 Å². The number of hydrogen-bond donors (Lipinski definition) is 3. The van der Waals surface area contributed by atoms with Crippen LogP contribution in [0.1, 0.15) is 94.9 Å². The van der Waals surface area contributed by atoms with Crippen molar-refractivity contribution in [2.75, 3.05) is 26.4 Å². The van der Waals surface area contributed by atoms with Crippen LogP contribution in [0.5, 0.6) is 0 Å². The van der Waals surface area contributed by atoms with E-state index in [4.69, 9.17) is 23.7 Å². The molecule has 0 aromatic heterocycles. The first-order valence-corrected chi connectivity index (χ1v) is 18.3. The molecule has 53 heavy (non-hydrogen) atoms. The number of carbonyl (C=O) groups excluding carboxylic acids is 7. The van der Waals surface area contributed by atoms with Crippen LogP contribution in [0.4, 0.5) is 13.6 Å². The second kappa shape index (κ2) is 16.1. The average Bonchev–Trinajstić information content (AvgIpc) is 3.68. The number of nitrogens with one attached hydrogen (secondary N) is 3. The molecular weight excluding hydrogens is 704 g/mol. The fourth-order valence-electron chi connectivity index (χ4n) is 7.73. The number of ether oxygens (including phenoxy) is 5. The molecule has 0 aromatic rings. The highest BCUT2D eigenvalue weighted by molar-refractivity contribution is 5.97. The standard InChI is InChI=1S/C20H31FN2O7.C16H24FNO5/c1-7-28-15(25)19(10-9-12-13(19)20(12,21)16(26)29-8-2)23-14(24)11(3)22-17(27)30-18(4,5)6;1-5-22-13(20)15(18-12(19)9(3)4)8-7-10-11(15)16(10,17)14(21)23-6-2/h11-13H,7-10H2,1-6H3,(H,22,27)(H,23,24);9-11H,5-8H2,1-4H3,(H,18,19)/t11-,12+,13+,19-,20+;10-,11-,15+,16-/m00/s1. The maximum atomic E-state index is 15.4. The molecule has 0 bridgehead atoms. The van der Waals surface area contributed by atoms with E-state index in [-0.39, 0.29) is 57.5 Å². The van der Waals surface area contributed by atoms with Gasteiger partial charge in [-0.1, -0.05) is 13.8 Å².